The maximum atomic E-state index is 12.0. The first-order valence-corrected chi connectivity index (χ1v) is 6.58. The van der Waals surface area contributed by atoms with Crippen LogP contribution in [-0.4, -0.2) is 38.3 Å². The molecule has 1 amide bonds. The van der Waals surface area contributed by atoms with Gasteiger partial charge in [0.1, 0.15) is 0 Å². The zero-order valence-electron chi connectivity index (χ0n) is 9.57. The van der Waals surface area contributed by atoms with Crippen LogP contribution in [0.3, 0.4) is 0 Å². The summed E-state index contributed by atoms with van der Waals surface area (Å²) in [5, 5.41) is 6.19. The van der Waals surface area contributed by atoms with E-state index in [9.17, 15) is 4.79 Å². The average molecular weight is 346 g/mol. The molecule has 1 heterocycles. The van der Waals surface area contributed by atoms with Crippen molar-refractivity contribution in [2.24, 2.45) is 0 Å². The summed E-state index contributed by atoms with van der Waals surface area (Å²) in [4.78, 5) is 12.0. The molecule has 0 spiro atoms. The first-order chi connectivity index (χ1) is 8.20. The Balaban J connectivity index is 1.99. The number of amides is 1. The molecule has 0 saturated carbocycles. The van der Waals surface area contributed by atoms with Crippen molar-refractivity contribution < 1.29 is 9.53 Å². The van der Waals surface area contributed by atoms with E-state index in [0.717, 1.165) is 16.7 Å². The molecule has 0 aromatic heterocycles. The van der Waals surface area contributed by atoms with Crippen LogP contribution in [0.2, 0.25) is 0 Å². The van der Waals surface area contributed by atoms with E-state index in [-0.39, 0.29) is 18.1 Å². The number of nitrogens with one attached hydrogen (secondary N) is 2. The fourth-order valence-electron chi connectivity index (χ4n) is 1.90. The Bertz CT molecular complexity index is 394. The highest BCUT2D eigenvalue weighted by Crippen LogP contribution is 2.09. The normalized spacial score (nSPS) is 23.6. The van der Waals surface area contributed by atoms with Gasteiger partial charge < -0.3 is 15.4 Å². The summed E-state index contributed by atoms with van der Waals surface area (Å²) in [6.07, 6.45) is 0.0581. The molecule has 2 rings (SSSR count). The van der Waals surface area contributed by atoms with Crippen molar-refractivity contribution in [1.29, 1.82) is 0 Å². The molecular weight excluding hydrogens is 331 g/mol. The Morgan fingerprint density at radius 2 is 2.12 bits per heavy atom. The van der Waals surface area contributed by atoms with Crippen LogP contribution in [0.1, 0.15) is 10.4 Å². The van der Waals surface area contributed by atoms with E-state index in [4.69, 9.17) is 4.74 Å². The fourth-order valence-corrected chi connectivity index (χ4v) is 2.26. The van der Waals surface area contributed by atoms with Gasteiger partial charge in [-0.15, -0.1) is 0 Å². The summed E-state index contributed by atoms with van der Waals surface area (Å²) in [5.41, 5.74) is 0.687. The number of ether oxygens (including phenoxy) is 1. The van der Waals surface area contributed by atoms with E-state index < -0.39 is 0 Å². The quantitative estimate of drug-likeness (QED) is 0.804. The molecule has 92 valence electrons. The fraction of sp³-hybridized carbons (Fsp3) is 0.417. The molecule has 1 fully saturated rings. The maximum absolute atomic E-state index is 12.0. The highest BCUT2D eigenvalue weighted by Gasteiger charge is 2.28. The van der Waals surface area contributed by atoms with Crippen LogP contribution < -0.4 is 10.6 Å². The highest BCUT2D eigenvalue weighted by atomic mass is 127. The van der Waals surface area contributed by atoms with Crippen LogP contribution >= 0.6 is 22.6 Å². The van der Waals surface area contributed by atoms with Crippen LogP contribution in [0.4, 0.5) is 0 Å². The molecule has 0 bridgehead atoms. The third-order valence-corrected chi connectivity index (χ3v) is 3.60. The van der Waals surface area contributed by atoms with Gasteiger partial charge in [0, 0.05) is 29.3 Å². The van der Waals surface area contributed by atoms with Gasteiger partial charge in [0.05, 0.1) is 12.1 Å². The van der Waals surface area contributed by atoms with Crippen molar-refractivity contribution in [2.75, 3.05) is 20.2 Å². The predicted molar refractivity (Wildman–Crippen MR) is 74.1 cm³/mol. The summed E-state index contributed by atoms with van der Waals surface area (Å²) in [6, 6.07) is 7.57. The molecule has 17 heavy (non-hydrogen) atoms. The molecule has 0 radical (unpaired) electrons. The molecule has 1 aliphatic heterocycles. The minimum atomic E-state index is -0.0443. The van der Waals surface area contributed by atoms with E-state index >= 15 is 0 Å². The zero-order valence-corrected chi connectivity index (χ0v) is 11.7. The maximum Gasteiger partial charge on any atom is 0.251 e. The van der Waals surface area contributed by atoms with Gasteiger partial charge in [-0.2, -0.15) is 0 Å². The van der Waals surface area contributed by atoms with Crippen molar-refractivity contribution in [3.05, 3.63) is 33.4 Å². The molecule has 1 saturated heterocycles. The molecule has 1 aromatic rings. The molecule has 1 aromatic carbocycles. The summed E-state index contributed by atoms with van der Waals surface area (Å²) in [7, 11) is 1.67. The monoisotopic (exact) mass is 346 g/mol. The summed E-state index contributed by atoms with van der Waals surface area (Å²) < 4.78 is 6.42. The van der Waals surface area contributed by atoms with Crippen molar-refractivity contribution in [2.45, 2.75) is 12.1 Å². The van der Waals surface area contributed by atoms with Crippen molar-refractivity contribution in [1.82, 2.24) is 10.6 Å². The van der Waals surface area contributed by atoms with Crippen LogP contribution in [-0.2, 0) is 4.74 Å². The number of carbonyl (C=O) groups excluding carboxylic acids is 1. The van der Waals surface area contributed by atoms with E-state index in [1.807, 2.05) is 24.3 Å². The number of carbonyl (C=O) groups is 1. The number of benzene rings is 1. The minimum absolute atomic E-state index is 0.0443. The van der Waals surface area contributed by atoms with Crippen LogP contribution in [0.25, 0.3) is 0 Å². The number of methoxy groups -OCH3 is 1. The Kier molecular flexibility index (Phi) is 4.36. The third kappa shape index (κ3) is 3.17. The number of halogens is 1. The molecule has 1 aliphatic rings. The van der Waals surface area contributed by atoms with Gasteiger partial charge in [0.25, 0.3) is 5.91 Å². The van der Waals surface area contributed by atoms with Crippen LogP contribution in [0.5, 0.6) is 0 Å². The third-order valence-electron chi connectivity index (χ3n) is 2.88. The second kappa shape index (κ2) is 5.79. The van der Waals surface area contributed by atoms with Gasteiger partial charge in [0.2, 0.25) is 0 Å². The molecular formula is C12H15IN2O2. The van der Waals surface area contributed by atoms with Gasteiger partial charge >= 0.3 is 0 Å². The Morgan fingerprint density at radius 3 is 2.76 bits per heavy atom. The molecule has 1 unspecified atom stereocenters. The Morgan fingerprint density at radius 1 is 1.41 bits per heavy atom. The summed E-state index contributed by atoms with van der Waals surface area (Å²) >= 11 is 2.22. The second-order valence-corrected chi connectivity index (χ2v) is 5.26. The van der Waals surface area contributed by atoms with Crippen molar-refractivity contribution in [3.63, 3.8) is 0 Å². The minimum Gasteiger partial charge on any atom is -0.378 e. The Labute approximate surface area is 114 Å². The predicted octanol–water partition coefficient (Wildman–Crippen LogP) is 1.01. The summed E-state index contributed by atoms with van der Waals surface area (Å²) in [5.74, 6) is -0.0443. The standard InChI is InChI=1S/C12H15IN2O2/c1-17-11-7-14-6-10(11)15-12(16)8-2-4-9(13)5-3-8/h2-5,10-11,14H,6-7H2,1H3,(H,15,16)/t10?,11-/m0/s1. The first kappa shape index (κ1) is 12.8. The van der Waals surface area contributed by atoms with E-state index in [1.165, 1.54) is 0 Å². The van der Waals surface area contributed by atoms with Gasteiger partial charge in [0.15, 0.2) is 0 Å². The summed E-state index contributed by atoms with van der Waals surface area (Å²) in [6.45, 7) is 1.54. The number of hydrogen-bond acceptors (Lipinski definition) is 3. The SMILES string of the molecule is CO[C@H]1CNCC1NC(=O)c1ccc(I)cc1. The van der Waals surface area contributed by atoms with Crippen LogP contribution in [0.15, 0.2) is 24.3 Å². The average Bonchev–Trinajstić information content (AvgIpc) is 2.77. The molecule has 0 aliphatic carbocycles. The lowest BCUT2D eigenvalue weighted by Gasteiger charge is -2.18. The van der Waals surface area contributed by atoms with Gasteiger partial charge in [-0.1, -0.05) is 0 Å². The smallest absolute Gasteiger partial charge is 0.251 e. The van der Waals surface area contributed by atoms with Gasteiger partial charge in [-0.3, -0.25) is 4.79 Å². The second-order valence-electron chi connectivity index (χ2n) is 4.02. The van der Waals surface area contributed by atoms with E-state index in [0.29, 0.717) is 5.56 Å². The number of rotatable bonds is 3. The number of hydrogen-bond donors (Lipinski definition) is 2. The molecule has 2 N–H and O–H groups in total. The lowest BCUT2D eigenvalue weighted by Crippen LogP contribution is -2.43. The lowest BCUT2D eigenvalue weighted by molar-refractivity contribution is 0.0780. The zero-order chi connectivity index (χ0) is 12.3. The molecule has 2 atom stereocenters. The molecule has 5 heteroatoms. The van der Waals surface area contributed by atoms with E-state index in [2.05, 4.69) is 33.2 Å². The Hall–Kier alpha value is -0.660. The van der Waals surface area contributed by atoms with Crippen LogP contribution in [0, 0.1) is 3.57 Å². The lowest BCUT2D eigenvalue weighted by atomic mass is 10.1. The van der Waals surface area contributed by atoms with Gasteiger partial charge in [-0.25, -0.2) is 0 Å². The topological polar surface area (TPSA) is 50.4 Å². The highest BCUT2D eigenvalue weighted by molar-refractivity contribution is 14.1. The van der Waals surface area contributed by atoms with E-state index in [1.54, 1.807) is 7.11 Å². The largest absolute Gasteiger partial charge is 0.378 e. The first-order valence-electron chi connectivity index (χ1n) is 5.50. The molecule has 4 nitrogen and oxygen atoms in total. The van der Waals surface area contributed by atoms with Crippen molar-refractivity contribution in [3.8, 4) is 0 Å². The van der Waals surface area contributed by atoms with Crippen molar-refractivity contribution >= 4 is 28.5 Å². The van der Waals surface area contributed by atoms with Gasteiger partial charge in [-0.05, 0) is 46.9 Å².